The van der Waals surface area contributed by atoms with E-state index in [4.69, 9.17) is 19.7 Å². The van der Waals surface area contributed by atoms with E-state index in [1.807, 2.05) is 36.4 Å². The molecule has 0 bridgehead atoms. The van der Waals surface area contributed by atoms with Gasteiger partial charge in [-0.25, -0.2) is 15.0 Å². The second-order valence-corrected chi connectivity index (χ2v) is 15.1. The van der Waals surface area contributed by atoms with Gasteiger partial charge in [-0.2, -0.15) is 0 Å². The largest absolute Gasteiger partial charge is 0.457 e. The summed E-state index contributed by atoms with van der Waals surface area (Å²) in [5.41, 5.74) is 11.6. The molecule has 2 aliphatic rings. The summed E-state index contributed by atoms with van der Waals surface area (Å²) in [6, 6.07) is 71.0. The molecule has 0 fully saturated rings. The van der Waals surface area contributed by atoms with E-state index in [1.54, 1.807) is 0 Å². The van der Waals surface area contributed by atoms with Gasteiger partial charge in [0.15, 0.2) is 17.5 Å². The highest BCUT2D eigenvalue weighted by Crippen LogP contribution is 2.62. The van der Waals surface area contributed by atoms with Crippen LogP contribution >= 0.6 is 0 Å². The van der Waals surface area contributed by atoms with E-state index >= 15 is 0 Å². The van der Waals surface area contributed by atoms with E-state index in [9.17, 15) is 0 Å². The Labute approximate surface area is 335 Å². The van der Waals surface area contributed by atoms with Crippen molar-refractivity contribution in [3.05, 3.63) is 222 Å². The molecule has 0 saturated carbocycles. The van der Waals surface area contributed by atoms with Crippen molar-refractivity contribution in [3.8, 4) is 67.9 Å². The molecule has 1 aliphatic heterocycles. The van der Waals surface area contributed by atoms with Gasteiger partial charge in [-0.15, -0.1) is 0 Å². The molecule has 9 aromatic carbocycles. The van der Waals surface area contributed by atoms with Gasteiger partial charge in [-0.1, -0.05) is 170 Å². The second kappa shape index (κ2) is 12.7. The summed E-state index contributed by atoms with van der Waals surface area (Å²) in [7, 11) is 0. The van der Waals surface area contributed by atoms with Crippen LogP contribution in [0.1, 0.15) is 22.3 Å². The summed E-state index contributed by atoms with van der Waals surface area (Å²) < 4.78 is 6.65. The van der Waals surface area contributed by atoms with E-state index < -0.39 is 5.41 Å². The van der Waals surface area contributed by atoms with Crippen molar-refractivity contribution in [2.45, 2.75) is 5.41 Å². The first-order valence-corrected chi connectivity index (χ1v) is 19.7. The van der Waals surface area contributed by atoms with E-state index in [-0.39, 0.29) is 0 Å². The van der Waals surface area contributed by atoms with E-state index in [1.165, 1.54) is 49.4 Å². The predicted octanol–water partition coefficient (Wildman–Crippen LogP) is 13.3. The van der Waals surface area contributed by atoms with Crippen molar-refractivity contribution in [1.82, 2.24) is 15.0 Å². The van der Waals surface area contributed by atoms with Crippen molar-refractivity contribution in [3.63, 3.8) is 0 Å². The van der Waals surface area contributed by atoms with Crippen molar-refractivity contribution in [2.75, 3.05) is 0 Å². The Morgan fingerprint density at radius 2 is 0.776 bits per heavy atom. The number of ether oxygens (including phenoxy) is 1. The molecule has 0 radical (unpaired) electrons. The molecule has 0 N–H and O–H groups in total. The summed E-state index contributed by atoms with van der Waals surface area (Å²) in [5, 5.41) is 4.97. The molecule has 10 aromatic rings. The standard InChI is InChI=1S/C54H33N3O/c1-3-15-34(16-4-1)51-55-52(35-17-5-2-6-18-35)57-53(56-51)38-28-30-46-44(33-38)43-32-37(42-31-36-19-7-8-20-39(36)40-21-9-10-22-41(40)42)27-29-45(43)54(46)47-23-11-13-25-49(47)58-50-26-14-12-24-48(50)54/h1-33H. The molecule has 2 heterocycles. The fourth-order valence-corrected chi connectivity index (χ4v) is 9.45. The van der Waals surface area contributed by atoms with Gasteiger partial charge < -0.3 is 4.74 Å². The summed E-state index contributed by atoms with van der Waals surface area (Å²) in [6.45, 7) is 0. The minimum absolute atomic E-state index is 0.609. The maximum Gasteiger partial charge on any atom is 0.164 e. The Morgan fingerprint density at radius 1 is 0.310 bits per heavy atom. The molecule has 0 atom stereocenters. The summed E-state index contributed by atoms with van der Waals surface area (Å²) in [4.78, 5) is 15.3. The lowest BCUT2D eigenvalue weighted by molar-refractivity contribution is 0.436. The normalized spacial score (nSPS) is 13.1. The molecule has 0 unspecified atom stereocenters. The lowest BCUT2D eigenvalue weighted by Crippen LogP contribution is -2.32. The zero-order chi connectivity index (χ0) is 38.2. The first-order chi connectivity index (χ1) is 28.7. The number of aromatic nitrogens is 3. The van der Waals surface area contributed by atoms with Crippen molar-refractivity contribution < 1.29 is 4.74 Å². The Balaban J connectivity index is 1.14. The zero-order valence-electron chi connectivity index (χ0n) is 31.3. The molecule has 270 valence electrons. The van der Waals surface area contributed by atoms with Crippen LogP contribution in [0.3, 0.4) is 0 Å². The quantitative estimate of drug-likeness (QED) is 0.169. The van der Waals surface area contributed by atoms with Gasteiger partial charge >= 0.3 is 0 Å². The highest BCUT2D eigenvalue weighted by atomic mass is 16.5. The monoisotopic (exact) mass is 739 g/mol. The third-order valence-electron chi connectivity index (χ3n) is 12.0. The lowest BCUT2D eigenvalue weighted by Gasteiger charge is -2.39. The average Bonchev–Trinajstić information content (AvgIpc) is 3.58. The Kier molecular flexibility index (Phi) is 7.11. The number of rotatable bonds is 4. The lowest BCUT2D eigenvalue weighted by atomic mass is 9.66. The van der Waals surface area contributed by atoms with Gasteiger partial charge in [0.2, 0.25) is 0 Å². The van der Waals surface area contributed by atoms with Crippen LogP contribution in [0.15, 0.2) is 200 Å². The number of benzene rings is 9. The Morgan fingerprint density at radius 3 is 1.40 bits per heavy atom. The second-order valence-electron chi connectivity index (χ2n) is 15.1. The molecule has 0 saturated heterocycles. The number of nitrogens with zero attached hydrogens (tertiary/aromatic N) is 3. The Hall–Kier alpha value is -7.69. The van der Waals surface area contributed by atoms with Gasteiger partial charge in [0.1, 0.15) is 11.5 Å². The molecule has 12 rings (SSSR count). The highest BCUT2D eigenvalue weighted by molar-refractivity contribution is 6.14. The van der Waals surface area contributed by atoms with Crippen molar-refractivity contribution in [1.29, 1.82) is 0 Å². The Bertz CT molecular complexity index is 3160. The van der Waals surface area contributed by atoms with E-state index in [0.29, 0.717) is 17.5 Å². The van der Waals surface area contributed by atoms with Crippen LogP contribution in [-0.2, 0) is 5.41 Å². The number of hydrogen-bond donors (Lipinski definition) is 0. The van der Waals surface area contributed by atoms with Gasteiger partial charge in [0.05, 0.1) is 5.41 Å². The fraction of sp³-hybridized carbons (Fsp3) is 0.0185. The van der Waals surface area contributed by atoms with Crippen LogP contribution in [-0.4, -0.2) is 15.0 Å². The summed E-state index contributed by atoms with van der Waals surface area (Å²) in [6.07, 6.45) is 0. The van der Waals surface area contributed by atoms with Crippen molar-refractivity contribution >= 4 is 21.5 Å². The molecule has 4 nitrogen and oxygen atoms in total. The number of hydrogen-bond acceptors (Lipinski definition) is 4. The molecular weight excluding hydrogens is 707 g/mol. The van der Waals surface area contributed by atoms with Crippen LogP contribution in [0.5, 0.6) is 11.5 Å². The van der Waals surface area contributed by atoms with Crippen LogP contribution in [0.4, 0.5) is 0 Å². The minimum atomic E-state index is -0.609. The SMILES string of the molecule is c1ccc(-c2nc(-c3ccccc3)nc(-c3ccc4c(c3)-c3cc(-c5cc6ccccc6c6ccccc56)ccc3C43c4ccccc4Oc4ccccc43)n2)cc1. The number of fused-ring (bicyclic) bond motifs is 12. The van der Waals surface area contributed by atoms with E-state index in [0.717, 1.165) is 44.9 Å². The smallest absolute Gasteiger partial charge is 0.164 e. The van der Waals surface area contributed by atoms with Crippen LogP contribution < -0.4 is 4.74 Å². The molecule has 58 heavy (non-hydrogen) atoms. The predicted molar refractivity (Wildman–Crippen MR) is 234 cm³/mol. The number of para-hydroxylation sites is 2. The third kappa shape index (κ3) is 4.79. The minimum Gasteiger partial charge on any atom is -0.457 e. The fourth-order valence-electron chi connectivity index (χ4n) is 9.45. The summed E-state index contributed by atoms with van der Waals surface area (Å²) >= 11 is 0. The van der Waals surface area contributed by atoms with Crippen LogP contribution in [0.2, 0.25) is 0 Å². The molecule has 1 spiro atoms. The molecule has 4 heteroatoms. The highest BCUT2D eigenvalue weighted by Gasteiger charge is 2.51. The average molecular weight is 740 g/mol. The first kappa shape index (κ1) is 32.5. The van der Waals surface area contributed by atoms with Gasteiger partial charge in [0, 0.05) is 27.8 Å². The van der Waals surface area contributed by atoms with E-state index in [2.05, 4.69) is 164 Å². The topological polar surface area (TPSA) is 47.9 Å². The van der Waals surface area contributed by atoms with Gasteiger partial charge in [-0.3, -0.25) is 0 Å². The molecular formula is C54H33N3O. The maximum atomic E-state index is 6.65. The third-order valence-corrected chi connectivity index (χ3v) is 12.0. The first-order valence-electron chi connectivity index (χ1n) is 19.7. The van der Waals surface area contributed by atoms with Crippen LogP contribution in [0.25, 0.3) is 78.0 Å². The summed E-state index contributed by atoms with van der Waals surface area (Å²) in [5.74, 6) is 3.64. The molecule has 1 aromatic heterocycles. The van der Waals surface area contributed by atoms with Crippen LogP contribution in [0, 0.1) is 0 Å². The zero-order valence-corrected chi connectivity index (χ0v) is 31.3. The maximum absolute atomic E-state index is 6.65. The van der Waals surface area contributed by atoms with Gasteiger partial charge in [-0.05, 0) is 85.3 Å². The van der Waals surface area contributed by atoms with Crippen molar-refractivity contribution in [2.24, 2.45) is 0 Å². The molecule has 1 aliphatic carbocycles. The molecule has 0 amide bonds. The van der Waals surface area contributed by atoms with Gasteiger partial charge in [0.25, 0.3) is 0 Å².